The summed E-state index contributed by atoms with van der Waals surface area (Å²) in [6.45, 7) is 2.75. The number of ether oxygens (including phenoxy) is 3. The first-order valence-corrected chi connectivity index (χ1v) is 8.21. The third-order valence-corrected chi connectivity index (χ3v) is 3.37. The molecule has 0 fully saturated rings. The van der Waals surface area contributed by atoms with E-state index in [9.17, 15) is 9.59 Å². The van der Waals surface area contributed by atoms with E-state index in [1.54, 1.807) is 62.6 Å². The Morgan fingerprint density at radius 2 is 1.62 bits per heavy atom. The summed E-state index contributed by atoms with van der Waals surface area (Å²) in [5.74, 6) is 1.06. The first-order chi connectivity index (χ1) is 12.6. The number of hydrogen-bond acceptors (Lipinski definition) is 5. The number of methoxy groups -OCH3 is 1. The summed E-state index contributed by atoms with van der Waals surface area (Å²) in [6.07, 6.45) is 0. The number of benzene rings is 2. The van der Waals surface area contributed by atoms with E-state index in [1.807, 2.05) is 0 Å². The highest BCUT2D eigenvalue weighted by molar-refractivity contribution is 5.92. The number of carbonyl (C=O) groups is 2. The molecule has 0 saturated heterocycles. The predicted molar refractivity (Wildman–Crippen MR) is 97.9 cm³/mol. The summed E-state index contributed by atoms with van der Waals surface area (Å²) in [6, 6.07) is 13.3. The molecular formula is C19H22N2O5. The van der Waals surface area contributed by atoms with Gasteiger partial charge < -0.3 is 24.8 Å². The normalized spacial score (nSPS) is 9.92. The molecule has 0 bridgehead atoms. The van der Waals surface area contributed by atoms with Gasteiger partial charge in [0.15, 0.2) is 0 Å². The minimum atomic E-state index is -0.390. The van der Waals surface area contributed by atoms with Gasteiger partial charge in [0, 0.05) is 5.69 Å². The van der Waals surface area contributed by atoms with Crippen LogP contribution in [0.25, 0.3) is 0 Å². The molecule has 2 amide bonds. The third-order valence-electron chi connectivity index (χ3n) is 3.37. The Morgan fingerprint density at radius 1 is 0.962 bits per heavy atom. The number of urea groups is 1. The zero-order valence-electron chi connectivity index (χ0n) is 14.8. The molecule has 0 unspecified atom stereocenters. The van der Waals surface area contributed by atoms with E-state index in [4.69, 9.17) is 14.2 Å². The lowest BCUT2D eigenvalue weighted by Gasteiger charge is -2.10. The number of esters is 1. The number of nitrogens with one attached hydrogen (secondary N) is 2. The summed E-state index contributed by atoms with van der Waals surface area (Å²) in [5, 5.41) is 5.37. The fraction of sp³-hybridized carbons (Fsp3) is 0.263. The van der Waals surface area contributed by atoms with Crippen molar-refractivity contribution in [2.45, 2.75) is 6.92 Å². The lowest BCUT2D eigenvalue weighted by molar-refractivity contribution is 0.0526. The van der Waals surface area contributed by atoms with Crippen LogP contribution in [0.1, 0.15) is 17.3 Å². The Hall–Kier alpha value is -3.22. The average molecular weight is 358 g/mol. The number of amides is 2. The molecular weight excluding hydrogens is 336 g/mol. The zero-order chi connectivity index (χ0) is 18.8. The fourth-order valence-corrected chi connectivity index (χ4v) is 2.08. The predicted octanol–water partition coefficient (Wildman–Crippen LogP) is 3.07. The van der Waals surface area contributed by atoms with Crippen LogP contribution in [-0.2, 0) is 4.74 Å². The van der Waals surface area contributed by atoms with Crippen LogP contribution in [0, 0.1) is 0 Å². The molecule has 0 heterocycles. The van der Waals surface area contributed by atoms with Gasteiger partial charge in [-0.2, -0.15) is 0 Å². The third kappa shape index (κ3) is 6.01. The maximum absolute atomic E-state index is 11.8. The maximum Gasteiger partial charge on any atom is 0.338 e. The van der Waals surface area contributed by atoms with Gasteiger partial charge in [-0.15, -0.1) is 0 Å². The molecule has 0 aromatic heterocycles. The van der Waals surface area contributed by atoms with Crippen molar-refractivity contribution in [3.63, 3.8) is 0 Å². The van der Waals surface area contributed by atoms with E-state index in [1.165, 1.54) is 0 Å². The Kier molecular flexibility index (Phi) is 7.30. The SMILES string of the molecule is CCOC(=O)c1ccc(NC(=O)NCCOc2ccc(OC)cc2)cc1. The molecule has 2 N–H and O–H groups in total. The van der Waals surface area contributed by atoms with Crippen molar-refractivity contribution in [2.24, 2.45) is 0 Å². The van der Waals surface area contributed by atoms with Gasteiger partial charge in [-0.25, -0.2) is 9.59 Å². The monoisotopic (exact) mass is 358 g/mol. The number of carbonyl (C=O) groups excluding carboxylic acids is 2. The summed E-state index contributed by atoms with van der Waals surface area (Å²) in [4.78, 5) is 23.4. The van der Waals surface area contributed by atoms with E-state index < -0.39 is 0 Å². The molecule has 0 aliphatic rings. The molecule has 0 saturated carbocycles. The van der Waals surface area contributed by atoms with Crippen molar-refractivity contribution in [1.29, 1.82) is 0 Å². The first-order valence-electron chi connectivity index (χ1n) is 8.21. The molecule has 138 valence electrons. The standard InChI is InChI=1S/C19H22N2O5/c1-3-25-18(22)14-4-6-15(7-5-14)21-19(23)20-12-13-26-17-10-8-16(24-2)9-11-17/h4-11H,3,12-13H2,1-2H3,(H2,20,21,23). The van der Waals surface area contributed by atoms with Crippen LogP contribution >= 0.6 is 0 Å². The lowest BCUT2D eigenvalue weighted by atomic mass is 10.2. The van der Waals surface area contributed by atoms with Crippen molar-refractivity contribution >= 4 is 17.7 Å². The second-order valence-corrected chi connectivity index (χ2v) is 5.20. The Morgan fingerprint density at radius 3 is 2.23 bits per heavy atom. The minimum Gasteiger partial charge on any atom is -0.497 e. The summed E-state index contributed by atoms with van der Waals surface area (Å²) >= 11 is 0. The maximum atomic E-state index is 11.8. The summed E-state index contributed by atoms with van der Waals surface area (Å²) in [7, 11) is 1.60. The van der Waals surface area contributed by atoms with Crippen LogP contribution in [-0.4, -0.2) is 38.9 Å². The minimum absolute atomic E-state index is 0.319. The van der Waals surface area contributed by atoms with E-state index in [0.29, 0.717) is 36.8 Å². The van der Waals surface area contributed by atoms with Gasteiger partial charge in [0.1, 0.15) is 18.1 Å². The van der Waals surface area contributed by atoms with Gasteiger partial charge in [-0.3, -0.25) is 0 Å². The van der Waals surface area contributed by atoms with Crippen LogP contribution in [0.3, 0.4) is 0 Å². The second-order valence-electron chi connectivity index (χ2n) is 5.20. The van der Waals surface area contributed by atoms with E-state index in [-0.39, 0.29) is 12.0 Å². The zero-order valence-corrected chi connectivity index (χ0v) is 14.8. The van der Waals surface area contributed by atoms with Crippen molar-refractivity contribution in [3.05, 3.63) is 54.1 Å². The first kappa shape index (κ1) is 19.1. The number of hydrogen-bond donors (Lipinski definition) is 2. The fourth-order valence-electron chi connectivity index (χ4n) is 2.08. The highest BCUT2D eigenvalue weighted by Gasteiger charge is 2.07. The molecule has 7 nitrogen and oxygen atoms in total. The van der Waals surface area contributed by atoms with Crippen LogP contribution in [0.15, 0.2) is 48.5 Å². The van der Waals surface area contributed by atoms with Gasteiger partial charge in [0.05, 0.1) is 25.8 Å². The Balaban J connectivity index is 1.70. The molecule has 0 radical (unpaired) electrons. The van der Waals surface area contributed by atoms with Gasteiger partial charge in [-0.1, -0.05) is 0 Å². The van der Waals surface area contributed by atoms with Crippen molar-refractivity contribution < 1.29 is 23.8 Å². The van der Waals surface area contributed by atoms with Crippen molar-refractivity contribution in [1.82, 2.24) is 5.32 Å². The highest BCUT2D eigenvalue weighted by Crippen LogP contribution is 2.16. The van der Waals surface area contributed by atoms with Gasteiger partial charge in [0.2, 0.25) is 0 Å². The van der Waals surface area contributed by atoms with Crippen molar-refractivity contribution in [3.8, 4) is 11.5 Å². The molecule has 7 heteroatoms. The molecule has 2 aromatic carbocycles. The smallest absolute Gasteiger partial charge is 0.338 e. The summed E-state index contributed by atoms with van der Waals surface area (Å²) < 4.78 is 15.5. The molecule has 0 spiro atoms. The molecule has 0 aliphatic carbocycles. The molecule has 2 rings (SSSR count). The van der Waals surface area contributed by atoms with Crippen molar-refractivity contribution in [2.75, 3.05) is 32.2 Å². The van der Waals surface area contributed by atoms with E-state index in [2.05, 4.69) is 10.6 Å². The number of rotatable bonds is 8. The Labute approximate surface area is 152 Å². The molecule has 2 aromatic rings. The van der Waals surface area contributed by atoms with Gasteiger partial charge in [-0.05, 0) is 55.5 Å². The molecule has 0 aliphatic heterocycles. The largest absolute Gasteiger partial charge is 0.497 e. The molecule has 0 atom stereocenters. The quantitative estimate of drug-likeness (QED) is 0.559. The second kappa shape index (κ2) is 9.93. The molecule has 26 heavy (non-hydrogen) atoms. The van der Waals surface area contributed by atoms with Crippen LogP contribution in [0.2, 0.25) is 0 Å². The topological polar surface area (TPSA) is 85.9 Å². The Bertz CT molecular complexity index is 714. The van der Waals surface area contributed by atoms with Crippen LogP contribution < -0.4 is 20.1 Å². The summed E-state index contributed by atoms with van der Waals surface area (Å²) in [5.41, 5.74) is 1.01. The van der Waals surface area contributed by atoms with E-state index >= 15 is 0 Å². The van der Waals surface area contributed by atoms with Gasteiger partial charge >= 0.3 is 12.0 Å². The lowest BCUT2D eigenvalue weighted by Crippen LogP contribution is -2.32. The van der Waals surface area contributed by atoms with E-state index in [0.717, 1.165) is 5.75 Å². The average Bonchev–Trinajstić information content (AvgIpc) is 2.66. The van der Waals surface area contributed by atoms with Crippen LogP contribution in [0.5, 0.6) is 11.5 Å². The van der Waals surface area contributed by atoms with Gasteiger partial charge in [0.25, 0.3) is 0 Å². The highest BCUT2D eigenvalue weighted by atomic mass is 16.5. The van der Waals surface area contributed by atoms with Crippen LogP contribution in [0.4, 0.5) is 10.5 Å². The number of anilines is 1.